The van der Waals surface area contributed by atoms with Crippen LogP contribution >= 0.6 is 0 Å². The monoisotopic (exact) mass is 393 g/mol. The highest BCUT2D eigenvalue weighted by molar-refractivity contribution is 5.74. The lowest BCUT2D eigenvalue weighted by Crippen LogP contribution is -2.40. The van der Waals surface area contributed by atoms with Crippen LogP contribution in [0.4, 0.5) is 4.79 Å². The average Bonchev–Trinajstić information content (AvgIpc) is 3.43. The van der Waals surface area contributed by atoms with Gasteiger partial charge >= 0.3 is 6.03 Å². The Morgan fingerprint density at radius 1 is 1.21 bits per heavy atom. The SMILES string of the molecule is COCCNC(=O)N1C[C@@H](c2cccnc2)[C@H](c2nc(-c3ccccc3)no2)C1. The molecule has 2 atom stereocenters. The van der Waals surface area contributed by atoms with Gasteiger partial charge in [0.2, 0.25) is 11.7 Å². The van der Waals surface area contributed by atoms with Crippen LogP contribution in [0.2, 0.25) is 0 Å². The first-order chi connectivity index (χ1) is 14.3. The second-order valence-corrected chi connectivity index (χ2v) is 6.95. The van der Waals surface area contributed by atoms with E-state index in [-0.39, 0.29) is 17.9 Å². The van der Waals surface area contributed by atoms with Gasteiger partial charge in [-0.25, -0.2) is 4.79 Å². The number of pyridine rings is 1. The van der Waals surface area contributed by atoms with Crippen molar-refractivity contribution in [3.8, 4) is 11.4 Å². The minimum Gasteiger partial charge on any atom is -0.383 e. The van der Waals surface area contributed by atoms with Crippen LogP contribution in [0, 0.1) is 0 Å². The van der Waals surface area contributed by atoms with E-state index in [9.17, 15) is 4.79 Å². The maximum atomic E-state index is 12.6. The van der Waals surface area contributed by atoms with Crippen LogP contribution in [0.15, 0.2) is 59.4 Å². The summed E-state index contributed by atoms with van der Waals surface area (Å²) >= 11 is 0. The predicted molar refractivity (Wildman–Crippen MR) is 106 cm³/mol. The van der Waals surface area contributed by atoms with Crippen molar-refractivity contribution >= 4 is 6.03 Å². The van der Waals surface area contributed by atoms with Crippen LogP contribution in [0.25, 0.3) is 11.4 Å². The Balaban J connectivity index is 1.57. The molecule has 1 aromatic carbocycles. The third-order valence-electron chi connectivity index (χ3n) is 5.09. The van der Waals surface area contributed by atoms with Gasteiger partial charge in [0.25, 0.3) is 0 Å². The number of hydrogen-bond acceptors (Lipinski definition) is 6. The second-order valence-electron chi connectivity index (χ2n) is 6.95. The van der Waals surface area contributed by atoms with Gasteiger partial charge in [-0.2, -0.15) is 4.98 Å². The number of methoxy groups -OCH3 is 1. The maximum Gasteiger partial charge on any atom is 0.317 e. The van der Waals surface area contributed by atoms with Crippen LogP contribution < -0.4 is 5.32 Å². The highest BCUT2D eigenvalue weighted by Gasteiger charge is 2.40. The van der Waals surface area contributed by atoms with Crippen LogP contribution in [-0.4, -0.2) is 59.4 Å². The zero-order chi connectivity index (χ0) is 20.1. The molecule has 0 spiro atoms. The van der Waals surface area contributed by atoms with Gasteiger partial charge in [-0.1, -0.05) is 41.6 Å². The smallest absolute Gasteiger partial charge is 0.317 e. The van der Waals surface area contributed by atoms with Crippen molar-refractivity contribution in [3.05, 3.63) is 66.3 Å². The van der Waals surface area contributed by atoms with Gasteiger partial charge < -0.3 is 19.5 Å². The molecule has 3 aromatic rings. The maximum absolute atomic E-state index is 12.6. The summed E-state index contributed by atoms with van der Waals surface area (Å²) in [6, 6.07) is 13.5. The lowest BCUT2D eigenvalue weighted by atomic mass is 9.90. The van der Waals surface area contributed by atoms with E-state index < -0.39 is 0 Å². The number of likely N-dealkylation sites (tertiary alicyclic amines) is 1. The van der Waals surface area contributed by atoms with Crippen molar-refractivity contribution in [2.24, 2.45) is 0 Å². The molecule has 2 amide bonds. The molecule has 1 saturated heterocycles. The van der Waals surface area contributed by atoms with Gasteiger partial charge in [-0.15, -0.1) is 0 Å². The molecule has 8 heteroatoms. The first-order valence-corrected chi connectivity index (χ1v) is 9.57. The molecule has 0 aliphatic carbocycles. The molecule has 2 aromatic heterocycles. The van der Waals surface area contributed by atoms with E-state index in [4.69, 9.17) is 9.26 Å². The Hall–Kier alpha value is -3.26. The van der Waals surface area contributed by atoms with Gasteiger partial charge in [-0.3, -0.25) is 4.98 Å². The molecule has 1 aliphatic heterocycles. The average molecular weight is 393 g/mol. The molecule has 0 unspecified atom stereocenters. The van der Waals surface area contributed by atoms with Gasteiger partial charge in [0, 0.05) is 50.6 Å². The molecule has 1 aliphatic rings. The molecule has 29 heavy (non-hydrogen) atoms. The summed E-state index contributed by atoms with van der Waals surface area (Å²) in [7, 11) is 1.61. The molecule has 8 nitrogen and oxygen atoms in total. The van der Waals surface area contributed by atoms with E-state index >= 15 is 0 Å². The second kappa shape index (κ2) is 8.83. The van der Waals surface area contributed by atoms with E-state index in [2.05, 4.69) is 20.4 Å². The Morgan fingerprint density at radius 3 is 2.79 bits per heavy atom. The number of nitrogens with one attached hydrogen (secondary N) is 1. The van der Waals surface area contributed by atoms with Crippen molar-refractivity contribution in [2.45, 2.75) is 11.8 Å². The first kappa shape index (κ1) is 19.1. The summed E-state index contributed by atoms with van der Waals surface area (Å²) in [5, 5.41) is 7.03. The van der Waals surface area contributed by atoms with Crippen molar-refractivity contribution < 1.29 is 14.1 Å². The quantitative estimate of drug-likeness (QED) is 0.647. The fourth-order valence-electron chi connectivity index (χ4n) is 3.62. The fourth-order valence-corrected chi connectivity index (χ4v) is 3.62. The highest BCUT2D eigenvalue weighted by atomic mass is 16.5. The van der Waals surface area contributed by atoms with E-state index in [1.165, 1.54) is 0 Å². The molecule has 0 bridgehead atoms. The number of aromatic nitrogens is 3. The van der Waals surface area contributed by atoms with Gasteiger partial charge in [0.15, 0.2) is 0 Å². The first-order valence-electron chi connectivity index (χ1n) is 9.57. The van der Waals surface area contributed by atoms with E-state index in [0.29, 0.717) is 38.0 Å². The third-order valence-corrected chi connectivity index (χ3v) is 5.09. The Bertz CT molecular complexity index is 932. The van der Waals surface area contributed by atoms with E-state index in [1.54, 1.807) is 18.2 Å². The molecule has 0 saturated carbocycles. The fraction of sp³-hybridized carbons (Fsp3) is 0.333. The van der Waals surface area contributed by atoms with Crippen LogP contribution in [0.1, 0.15) is 23.3 Å². The minimum atomic E-state index is -0.124. The Morgan fingerprint density at radius 2 is 2.03 bits per heavy atom. The molecule has 1 N–H and O–H groups in total. The number of hydrogen-bond donors (Lipinski definition) is 1. The summed E-state index contributed by atoms with van der Waals surface area (Å²) < 4.78 is 10.6. The van der Waals surface area contributed by atoms with E-state index in [0.717, 1.165) is 11.1 Å². The van der Waals surface area contributed by atoms with Gasteiger partial charge in [0.1, 0.15) is 0 Å². The number of nitrogens with zero attached hydrogens (tertiary/aromatic N) is 4. The molecule has 1 fully saturated rings. The third kappa shape index (κ3) is 4.27. The molecular weight excluding hydrogens is 370 g/mol. The molecule has 3 heterocycles. The molecule has 0 radical (unpaired) electrons. The topological polar surface area (TPSA) is 93.4 Å². The van der Waals surface area contributed by atoms with Crippen LogP contribution in [0.3, 0.4) is 0 Å². The van der Waals surface area contributed by atoms with Gasteiger partial charge in [0.05, 0.1) is 12.5 Å². The Labute approximate surface area is 168 Å². The lowest BCUT2D eigenvalue weighted by Gasteiger charge is -2.17. The number of urea groups is 1. The molecular formula is C21H23N5O3. The van der Waals surface area contributed by atoms with Crippen molar-refractivity contribution in [1.82, 2.24) is 25.3 Å². The lowest BCUT2D eigenvalue weighted by molar-refractivity contribution is 0.184. The summed E-state index contributed by atoms with van der Waals surface area (Å²) in [6.45, 7) is 1.99. The number of rotatable bonds is 6. The van der Waals surface area contributed by atoms with Gasteiger partial charge in [-0.05, 0) is 11.6 Å². The number of amides is 2. The van der Waals surface area contributed by atoms with Crippen molar-refractivity contribution in [3.63, 3.8) is 0 Å². The summed E-state index contributed by atoms with van der Waals surface area (Å²) in [6.07, 6.45) is 3.57. The minimum absolute atomic E-state index is 0.0287. The molecule has 150 valence electrons. The van der Waals surface area contributed by atoms with Crippen LogP contribution in [0.5, 0.6) is 0 Å². The van der Waals surface area contributed by atoms with Crippen LogP contribution in [-0.2, 0) is 4.74 Å². The number of ether oxygens (including phenoxy) is 1. The number of benzene rings is 1. The largest absolute Gasteiger partial charge is 0.383 e. The summed E-state index contributed by atoms with van der Waals surface area (Å²) in [5.41, 5.74) is 1.94. The van der Waals surface area contributed by atoms with Crippen molar-refractivity contribution in [2.75, 3.05) is 33.4 Å². The Kier molecular flexibility index (Phi) is 5.81. The number of carbonyl (C=O) groups excluding carboxylic acids is 1. The van der Waals surface area contributed by atoms with Crippen molar-refractivity contribution in [1.29, 1.82) is 0 Å². The predicted octanol–water partition coefficient (Wildman–Crippen LogP) is 2.67. The normalized spacial score (nSPS) is 18.7. The highest BCUT2D eigenvalue weighted by Crippen LogP contribution is 2.39. The zero-order valence-corrected chi connectivity index (χ0v) is 16.2. The summed E-state index contributed by atoms with van der Waals surface area (Å²) in [4.78, 5) is 23.2. The zero-order valence-electron chi connectivity index (χ0n) is 16.2. The standard InChI is InChI=1S/C21H23N5O3/c1-28-11-10-23-21(27)26-13-17(16-8-5-9-22-12-16)18(14-26)20-24-19(25-29-20)15-6-3-2-4-7-15/h2-9,12,17-18H,10-11,13-14H2,1H3,(H,23,27)/t17-,18+/m0/s1. The van der Waals surface area contributed by atoms with E-state index in [1.807, 2.05) is 48.7 Å². The molecule has 4 rings (SSSR count). The number of carbonyl (C=O) groups is 1. The summed E-state index contributed by atoms with van der Waals surface area (Å²) in [5.74, 6) is 1.01.